The number of benzene rings is 2. The molecule has 0 spiro atoms. The average Bonchev–Trinajstić information content (AvgIpc) is 3.25. The molecule has 0 radical (unpaired) electrons. The first-order chi connectivity index (χ1) is 15.1. The van der Waals surface area contributed by atoms with E-state index in [1.165, 1.54) is 16.7 Å². The summed E-state index contributed by atoms with van der Waals surface area (Å²) in [7, 11) is 3.30. The number of rotatable bonds is 11. The first kappa shape index (κ1) is 23.2. The number of ether oxygens (including phenoxy) is 2. The smallest absolute Gasteiger partial charge is 0.230 e. The van der Waals surface area contributed by atoms with Gasteiger partial charge in [-0.05, 0) is 49.1 Å². The third-order valence-electron chi connectivity index (χ3n) is 4.60. The largest absolute Gasteiger partial charge is 0.497 e. The Labute approximate surface area is 191 Å². The van der Waals surface area contributed by atoms with Crippen LogP contribution in [0.15, 0.2) is 58.5 Å². The maximum Gasteiger partial charge on any atom is 0.230 e. The van der Waals surface area contributed by atoms with E-state index in [-0.39, 0.29) is 5.91 Å². The van der Waals surface area contributed by atoms with Gasteiger partial charge in [0.1, 0.15) is 16.6 Å². The number of thioether (sulfide) groups is 2. The Bertz CT molecular complexity index is 973. The van der Waals surface area contributed by atoms with Gasteiger partial charge in [-0.3, -0.25) is 4.79 Å². The molecule has 0 aliphatic heterocycles. The van der Waals surface area contributed by atoms with Gasteiger partial charge < -0.3 is 19.8 Å². The van der Waals surface area contributed by atoms with Gasteiger partial charge in [0.2, 0.25) is 5.91 Å². The molecule has 1 heterocycles. The van der Waals surface area contributed by atoms with Crippen molar-refractivity contribution < 1.29 is 14.3 Å². The molecule has 1 aromatic heterocycles. The third kappa shape index (κ3) is 6.53. The summed E-state index contributed by atoms with van der Waals surface area (Å²) in [6.07, 6.45) is 2.85. The topological polar surface area (TPSA) is 76.2 Å². The number of aromatic nitrogens is 2. The van der Waals surface area contributed by atoms with Gasteiger partial charge in [0, 0.05) is 36.3 Å². The summed E-state index contributed by atoms with van der Waals surface area (Å²) in [6.45, 7) is 1.24. The predicted octanol–water partition coefficient (Wildman–Crippen LogP) is 4.72. The summed E-state index contributed by atoms with van der Waals surface area (Å²) < 4.78 is 10.3. The van der Waals surface area contributed by atoms with Gasteiger partial charge in [0.05, 0.1) is 18.6 Å². The second kappa shape index (κ2) is 11.8. The van der Waals surface area contributed by atoms with E-state index < -0.39 is 0 Å². The fourth-order valence-corrected chi connectivity index (χ4v) is 4.18. The lowest BCUT2D eigenvalue weighted by Gasteiger charge is -2.06. The van der Waals surface area contributed by atoms with Crippen molar-refractivity contribution in [1.82, 2.24) is 15.3 Å². The van der Waals surface area contributed by atoms with Crippen LogP contribution in [0, 0.1) is 0 Å². The van der Waals surface area contributed by atoms with E-state index in [1.54, 1.807) is 26.0 Å². The van der Waals surface area contributed by atoms with E-state index in [2.05, 4.69) is 40.8 Å². The fourth-order valence-electron chi connectivity index (χ4n) is 2.93. The summed E-state index contributed by atoms with van der Waals surface area (Å²) >= 11 is 3.13. The van der Waals surface area contributed by atoms with Crippen molar-refractivity contribution in [3.8, 4) is 28.4 Å². The summed E-state index contributed by atoms with van der Waals surface area (Å²) in [5.41, 5.74) is 2.88. The SMILES string of the molecule is COCCCNC(=O)CSc1nc(-c2ccc(SC)cc2)[nH]c1-c1ccc(OC)cc1. The van der Waals surface area contributed by atoms with Crippen LogP contribution in [0.4, 0.5) is 0 Å². The highest BCUT2D eigenvalue weighted by atomic mass is 32.2. The summed E-state index contributed by atoms with van der Waals surface area (Å²) in [5.74, 6) is 1.85. The number of nitrogens with zero attached hydrogens (tertiary/aromatic N) is 1. The zero-order valence-electron chi connectivity index (χ0n) is 17.9. The van der Waals surface area contributed by atoms with Gasteiger partial charge in [-0.1, -0.05) is 23.9 Å². The van der Waals surface area contributed by atoms with E-state index in [0.717, 1.165) is 39.8 Å². The molecule has 0 aliphatic carbocycles. The molecule has 2 N–H and O–H groups in total. The molecule has 0 fully saturated rings. The molecule has 2 aromatic carbocycles. The van der Waals surface area contributed by atoms with Crippen molar-refractivity contribution >= 4 is 29.4 Å². The standard InChI is InChI=1S/C23H27N3O3S2/c1-28-14-4-13-24-20(27)15-31-23-21(16-5-9-18(29-2)10-6-16)25-22(26-23)17-7-11-19(30-3)12-8-17/h5-12H,4,13-15H2,1-3H3,(H,24,27)(H,25,26). The van der Waals surface area contributed by atoms with E-state index in [4.69, 9.17) is 14.5 Å². The normalized spacial score (nSPS) is 10.8. The Balaban J connectivity index is 1.80. The molecule has 3 aromatic rings. The van der Waals surface area contributed by atoms with Crippen LogP contribution in [0.1, 0.15) is 6.42 Å². The van der Waals surface area contributed by atoms with Crippen LogP contribution in [0.3, 0.4) is 0 Å². The highest BCUT2D eigenvalue weighted by Gasteiger charge is 2.16. The number of nitrogens with one attached hydrogen (secondary N) is 2. The maximum atomic E-state index is 12.2. The first-order valence-electron chi connectivity index (χ1n) is 9.92. The number of H-pyrrole nitrogens is 1. The third-order valence-corrected chi connectivity index (χ3v) is 6.32. The zero-order chi connectivity index (χ0) is 22.1. The minimum Gasteiger partial charge on any atom is -0.497 e. The van der Waals surface area contributed by atoms with Crippen LogP contribution in [0.2, 0.25) is 0 Å². The van der Waals surface area contributed by atoms with Crippen LogP contribution in [-0.4, -0.2) is 55.3 Å². The lowest BCUT2D eigenvalue weighted by Crippen LogP contribution is -2.26. The molecule has 8 heteroatoms. The molecule has 0 atom stereocenters. The van der Waals surface area contributed by atoms with Crippen molar-refractivity contribution in [3.05, 3.63) is 48.5 Å². The molecule has 0 saturated carbocycles. The van der Waals surface area contributed by atoms with Crippen molar-refractivity contribution in [2.75, 3.05) is 39.4 Å². The first-order valence-corrected chi connectivity index (χ1v) is 12.1. The number of methoxy groups -OCH3 is 2. The Morgan fingerprint density at radius 1 is 1.06 bits per heavy atom. The Hall–Kier alpha value is -2.42. The molecular formula is C23H27N3O3S2. The number of carbonyl (C=O) groups excluding carboxylic acids is 1. The molecule has 0 unspecified atom stereocenters. The number of carbonyl (C=O) groups is 1. The molecule has 0 aliphatic rings. The van der Waals surface area contributed by atoms with Crippen molar-refractivity contribution in [2.45, 2.75) is 16.3 Å². The number of amides is 1. The lowest BCUT2D eigenvalue weighted by atomic mass is 10.1. The number of hydrogen-bond donors (Lipinski definition) is 2. The minimum absolute atomic E-state index is 0.0179. The van der Waals surface area contributed by atoms with Gasteiger partial charge in [-0.2, -0.15) is 0 Å². The molecule has 1 amide bonds. The van der Waals surface area contributed by atoms with Gasteiger partial charge in [-0.25, -0.2) is 4.98 Å². The van der Waals surface area contributed by atoms with Crippen LogP contribution in [0.5, 0.6) is 5.75 Å². The lowest BCUT2D eigenvalue weighted by molar-refractivity contribution is -0.118. The minimum atomic E-state index is -0.0179. The molecule has 6 nitrogen and oxygen atoms in total. The Morgan fingerprint density at radius 2 is 1.77 bits per heavy atom. The highest BCUT2D eigenvalue weighted by molar-refractivity contribution is 8.00. The van der Waals surface area contributed by atoms with E-state index in [9.17, 15) is 4.79 Å². The molecule has 0 bridgehead atoms. The molecular weight excluding hydrogens is 430 g/mol. The number of aromatic amines is 1. The zero-order valence-corrected chi connectivity index (χ0v) is 19.6. The van der Waals surface area contributed by atoms with E-state index >= 15 is 0 Å². The van der Waals surface area contributed by atoms with Gasteiger partial charge in [0.25, 0.3) is 0 Å². The summed E-state index contributed by atoms with van der Waals surface area (Å²) in [5, 5.41) is 3.71. The molecule has 0 saturated heterocycles. The van der Waals surface area contributed by atoms with E-state index in [0.29, 0.717) is 18.9 Å². The molecule has 164 valence electrons. The van der Waals surface area contributed by atoms with E-state index in [1.807, 2.05) is 24.3 Å². The van der Waals surface area contributed by atoms with Crippen LogP contribution >= 0.6 is 23.5 Å². The van der Waals surface area contributed by atoms with Crippen LogP contribution in [-0.2, 0) is 9.53 Å². The average molecular weight is 458 g/mol. The second-order valence-corrected chi connectivity index (χ2v) is 8.55. The van der Waals surface area contributed by atoms with Crippen LogP contribution in [0.25, 0.3) is 22.6 Å². The number of hydrogen-bond acceptors (Lipinski definition) is 6. The van der Waals surface area contributed by atoms with Gasteiger partial charge >= 0.3 is 0 Å². The molecule has 31 heavy (non-hydrogen) atoms. The molecule has 3 rings (SSSR count). The summed E-state index contributed by atoms with van der Waals surface area (Å²) in [6, 6.07) is 16.1. The van der Waals surface area contributed by atoms with Gasteiger partial charge in [0.15, 0.2) is 0 Å². The highest BCUT2D eigenvalue weighted by Crippen LogP contribution is 2.33. The summed E-state index contributed by atoms with van der Waals surface area (Å²) in [4.78, 5) is 21.7. The van der Waals surface area contributed by atoms with Gasteiger partial charge in [-0.15, -0.1) is 11.8 Å². The van der Waals surface area contributed by atoms with Crippen LogP contribution < -0.4 is 10.1 Å². The predicted molar refractivity (Wildman–Crippen MR) is 128 cm³/mol. The second-order valence-electron chi connectivity index (χ2n) is 6.71. The number of imidazole rings is 1. The Morgan fingerprint density at radius 3 is 2.42 bits per heavy atom. The maximum absolute atomic E-state index is 12.2. The van der Waals surface area contributed by atoms with Crippen molar-refractivity contribution in [3.63, 3.8) is 0 Å². The van der Waals surface area contributed by atoms with Crippen molar-refractivity contribution in [1.29, 1.82) is 0 Å². The Kier molecular flexibility index (Phi) is 8.87. The fraction of sp³-hybridized carbons (Fsp3) is 0.304. The quantitative estimate of drug-likeness (QED) is 0.321. The monoisotopic (exact) mass is 457 g/mol. The van der Waals surface area contributed by atoms with Crippen molar-refractivity contribution in [2.24, 2.45) is 0 Å².